The molecule has 0 radical (unpaired) electrons. The molecule has 118 heavy (non-hydrogen) atoms. The van der Waals surface area contributed by atoms with Crippen LogP contribution in [0, 0.1) is 40.9 Å². The predicted octanol–water partition coefficient (Wildman–Crippen LogP) is 15.3. The van der Waals surface area contributed by atoms with Gasteiger partial charge in [-0.3, -0.25) is 33.6 Å². The number of rotatable bonds is 49. The van der Waals surface area contributed by atoms with Gasteiger partial charge in [0.2, 0.25) is 23.6 Å². The number of benzene rings is 4. The van der Waals surface area contributed by atoms with Gasteiger partial charge >= 0.3 is 19.2 Å². The van der Waals surface area contributed by atoms with Gasteiger partial charge in [-0.05, 0) is 246 Å². The van der Waals surface area contributed by atoms with Crippen LogP contribution in [0.3, 0.4) is 0 Å². The number of aliphatic hydroxyl groups is 1. The Bertz CT molecular complexity index is 3820. The second-order valence-corrected chi connectivity index (χ2v) is 36.8. The molecule has 5 amide bonds. The van der Waals surface area contributed by atoms with Crippen LogP contribution >= 0.6 is 0 Å². The van der Waals surface area contributed by atoms with Crippen LogP contribution in [0.2, 0.25) is 5.82 Å². The molecule has 2 bridgehead atoms. The minimum atomic E-state index is -1.20. The van der Waals surface area contributed by atoms with Gasteiger partial charge in [0.05, 0.1) is 35.6 Å². The van der Waals surface area contributed by atoms with E-state index in [1.54, 1.807) is 41.5 Å². The fraction of sp³-hybridized carbons (Fsp3) is 0.653. The first-order valence-corrected chi connectivity index (χ1v) is 44.2. The highest BCUT2D eigenvalue weighted by atomic mass is 16.7. The van der Waals surface area contributed by atoms with E-state index in [0.717, 1.165) is 78.3 Å². The number of aryl methyl sites for hydroxylation is 4. The van der Waals surface area contributed by atoms with Gasteiger partial charge in [0.25, 0.3) is 0 Å². The number of ketones is 3. The summed E-state index contributed by atoms with van der Waals surface area (Å²) < 4.78 is 24.6. The molecule has 654 valence electrons. The zero-order valence-electron chi connectivity index (χ0n) is 74.3. The van der Waals surface area contributed by atoms with Gasteiger partial charge in [-0.1, -0.05) is 185 Å². The van der Waals surface area contributed by atoms with Crippen molar-refractivity contribution >= 4 is 60.2 Å². The number of ether oxygens (including phenoxy) is 2. The first kappa shape index (κ1) is 99.2. The van der Waals surface area contributed by atoms with E-state index in [2.05, 4.69) is 158 Å². The molecule has 4 aliphatic rings. The minimum Gasteiger partial charge on any atom is -0.480 e. The number of carbonyl (C=O) groups is 9. The molecule has 1 heterocycles. The number of hydrogen-bond donors (Lipinski definition) is 9. The number of unbranched alkanes of at least 4 members (excludes halogenated alkanes) is 5. The Morgan fingerprint density at radius 1 is 0.508 bits per heavy atom. The smallest absolute Gasteiger partial charge is 0.461 e. The Balaban J connectivity index is 0.000000367. The van der Waals surface area contributed by atoms with E-state index in [9.17, 15) is 53.4 Å². The van der Waals surface area contributed by atoms with E-state index in [-0.39, 0.29) is 72.8 Å². The highest BCUT2D eigenvalue weighted by Gasteiger charge is 2.68. The van der Waals surface area contributed by atoms with E-state index in [0.29, 0.717) is 89.1 Å². The van der Waals surface area contributed by atoms with Crippen molar-refractivity contribution in [3.63, 3.8) is 0 Å². The molecular weight excluding hydrogens is 1490 g/mol. The van der Waals surface area contributed by atoms with Crippen LogP contribution in [0.4, 0.5) is 4.79 Å². The monoisotopic (exact) mass is 1640 g/mol. The highest BCUT2D eigenvalue weighted by Crippen LogP contribution is 2.66. The van der Waals surface area contributed by atoms with Gasteiger partial charge in [-0.2, -0.15) is 0 Å². The quantitative estimate of drug-likeness (QED) is 0.0146. The van der Waals surface area contributed by atoms with E-state index in [1.807, 2.05) is 34.6 Å². The van der Waals surface area contributed by atoms with Crippen molar-refractivity contribution in [1.29, 1.82) is 0 Å². The Hall–Kier alpha value is -7.67. The molecule has 3 saturated carbocycles. The highest BCUT2D eigenvalue weighted by molar-refractivity contribution is 6.47. The number of nitrogens with one attached hydrogen (secondary N) is 5. The molecule has 4 aromatic carbocycles. The van der Waals surface area contributed by atoms with Gasteiger partial charge in [0.15, 0.2) is 17.3 Å². The number of carbonyl (C=O) groups excluding carboxylic acids is 8. The molecule has 22 nitrogen and oxygen atoms in total. The van der Waals surface area contributed by atoms with Crippen LogP contribution in [-0.4, -0.2) is 149 Å². The number of Topliss-reactive ketones (excluding diaryl/α,β-unsaturated/α-hetero) is 3. The normalized spacial score (nSPS) is 19.6. The Morgan fingerprint density at radius 3 is 1.38 bits per heavy atom. The largest absolute Gasteiger partial charge is 0.480 e. The van der Waals surface area contributed by atoms with Gasteiger partial charge < -0.3 is 67.0 Å². The summed E-state index contributed by atoms with van der Waals surface area (Å²) in [6.45, 7) is 33.4. The third-order valence-electron chi connectivity index (χ3n) is 24.1. The lowest BCUT2D eigenvalue weighted by Crippen LogP contribution is -2.65. The zero-order valence-corrected chi connectivity index (χ0v) is 74.3. The van der Waals surface area contributed by atoms with Crippen LogP contribution < -0.4 is 38.1 Å². The number of alkyl carbamates (subject to hydrolysis) is 1. The standard InChI is InChI=1S/C49H75BN4O7.C46H71N3O8/c1-8-9-12-34-14-19-36(20-15-34)37-21-16-35(17-22-37)18-23-38(24-26-52)47(59)54-45(33(4)55)42(57)27-31(2)46(58)53-40(13-10-11-25-51)41(56)28-32(3)50-60-44-30-39-29-43(48(39,5)6)49(44,7)61-50;1-11-13-15-17-38(43(53)54)48-41(51)31(3)30-39(50)40(32(4)56-45(5,6)7)49-42(52)37(28-29-47-44(55)57-46(8,9)10)27-22-34-20-25-36(26-21-34)35-23-18-33(19-24-35)16-14-12-2/h14-17,19-22,31-33,38-40,43-45,55H,8-13,18,23-30,51-52H2,1-7H3,(H,53,58)(H,54,59);18-21,23-26,31-32,37-38,40H,11-17,22,27-30H2,1-10H3,(H,47,55)(H,48,51)(H,49,52)(H,53,54)/t31-,32-,33-,38+,39+,40+,43+,44?,45+,49+;31-,32-,37+,38+,40+/m11/s1. The molecule has 1 saturated heterocycles. The molecule has 8 rings (SSSR count). The molecule has 3 aliphatic carbocycles. The molecule has 15 atom stereocenters. The van der Waals surface area contributed by atoms with E-state index < -0.39 is 114 Å². The number of nitrogens with two attached hydrogens (primary N) is 2. The van der Waals surface area contributed by atoms with Crippen LogP contribution in [0.1, 0.15) is 268 Å². The topological polar surface area (TPSA) is 343 Å². The summed E-state index contributed by atoms with van der Waals surface area (Å²) in [6, 6.07) is 29.9. The van der Waals surface area contributed by atoms with E-state index >= 15 is 0 Å². The Labute approximate surface area is 705 Å². The zero-order chi connectivity index (χ0) is 87.2. The van der Waals surface area contributed by atoms with Gasteiger partial charge in [0, 0.05) is 49.5 Å². The first-order valence-electron chi connectivity index (χ1n) is 44.2. The van der Waals surface area contributed by atoms with Crippen molar-refractivity contribution in [3.05, 3.63) is 119 Å². The van der Waals surface area contributed by atoms with Crippen molar-refractivity contribution in [3.8, 4) is 22.3 Å². The van der Waals surface area contributed by atoms with E-state index in [4.69, 9.17) is 30.2 Å². The lowest BCUT2D eigenvalue weighted by molar-refractivity contribution is -0.199. The van der Waals surface area contributed by atoms with Crippen molar-refractivity contribution in [2.24, 2.45) is 52.4 Å². The van der Waals surface area contributed by atoms with Crippen LogP contribution in [-0.2, 0) is 82.8 Å². The fourth-order valence-electron chi connectivity index (χ4n) is 16.7. The van der Waals surface area contributed by atoms with Gasteiger partial charge in [0.1, 0.15) is 23.7 Å². The maximum Gasteiger partial charge on any atom is 0.461 e. The van der Waals surface area contributed by atoms with Gasteiger partial charge in [-0.15, -0.1) is 0 Å². The summed E-state index contributed by atoms with van der Waals surface area (Å²) >= 11 is 0. The molecule has 1 unspecified atom stereocenters. The average Bonchev–Trinajstić information content (AvgIpc) is 1.43. The molecule has 23 heteroatoms. The number of amides is 5. The Kier molecular flexibility index (Phi) is 39.9. The maximum atomic E-state index is 14.1. The summed E-state index contributed by atoms with van der Waals surface area (Å²) in [5, 5.41) is 34.4. The molecule has 0 aromatic heterocycles. The summed E-state index contributed by atoms with van der Waals surface area (Å²) in [6.07, 6.45) is 13.5. The number of hydrogen-bond acceptors (Lipinski definition) is 16. The van der Waals surface area contributed by atoms with Crippen molar-refractivity contribution in [2.75, 3.05) is 19.6 Å². The molecule has 4 fully saturated rings. The van der Waals surface area contributed by atoms with Crippen molar-refractivity contribution in [1.82, 2.24) is 26.6 Å². The number of aliphatic hydroxyl groups excluding tert-OH is 1. The van der Waals surface area contributed by atoms with Crippen LogP contribution in [0.5, 0.6) is 0 Å². The first-order chi connectivity index (χ1) is 55.7. The SMILES string of the molecule is CCCCC[C@H](NC(=O)[C@H](C)CC(=O)[C@@H](NC(=O)[C@H](CCNC(=O)OC(C)(C)C)CCc1ccc(-c2ccc(CCCC)cc2)cc1)[C@@H](C)OC(C)(C)C)C(=O)O.CCCCc1ccc(-c2ccc(CC[C@@H](CCN)C(=O)N[C@H](C(=O)C[C@@H](C)C(=O)N[C@@H](CCCCN)C(=O)C[C@@H](C)B3OC4C[C@@H]5C[C@@H](C5(C)C)[C@]4(C)O3)[C@@H](C)O)cc2)cc1. The molecule has 11 N–H and O–H groups in total. The number of carboxylic acids is 1. The lowest BCUT2D eigenvalue weighted by Gasteiger charge is -2.64. The molecule has 4 aromatic rings. The minimum absolute atomic E-state index is 0.0135. The number of aliphatic carboxylic acids is 1. The van der Waals surface area contributed by atoms with E-state index in [1.165, 1.54) is 37.3 Å². The summed E-state index contributed by atoms with van der Waals surface area (Å²) in [4.78, 5) is 120. The second-order valence-electron chi connectivity index (χ2n) is 36.8. The second kappa shape index (κ2) is 47.5. The summed E-state index contributed by atoms with van der Waals surface area (Å²) in [7, 11) is -0.501. The Morgan fingerprint density at radius 2 is 0.949 bits per heavy atom. The molecule has 0 spiro atoms. The lowest BCUT2D eigenvalue weighted by atomic mass is 9.43. The molecule has 1 aliphatic heterocycles. The third-order valence-corrected chi connectivity index (χ3v) is 24.1. The average molecular weight is 1640 g/mol. The summed E-state index contributed by atoms with van der Waals surface area (Å²) in [5.74, 6) is -5.70. The number of carboxylic acid groups (broad SMARTS) is 1. The summed E-state index contributed by atoms with van der Waals surface area (Å²) in [5.41, 5.74) is 19.5. The van der Waals surface area contributed by atoms with Gasteiger partial charge in [-0.25, -0.2) is 9.59 Å². The predicted molar refractivity (Wildman–Crippen MR) is 468 cm³/mol. The third kappa shape index (κ3) is 31.1. The van der Waals surface area contributed by atoms with Crippen molar-refractivity contribution < 1.29 is 72.1 Å². The fourth-order valence-corrected chi connectivity index (χ4v) is 16.7. The van der Waals surface area contributed by atoms with Crippen molar-refractivity contribution in [2.45, 2.75) is 337 Å². The molecular formula is C95H146BN7O15. The van der Waals surface area contributed by atoms with Crippen LogP contribution in [0.15, 0.2) is 97.1 Å². The van der Waals surface area contributed by atoms with Crippen LogP contribution in [0.25, 0.3) is 22.3 Å². The maximum absolute atomic E-state index is 14.1.